The monoisotopic (exact) mass is 633 g/mol. The molecule has 3 aromatic rings. The lowest BCUT2D eigenvalue weighted by molar-refractivity contribution is -0.141. The molecule has 2 bridgehead atoms. The average molecular weight is 634 g/mol. The predicted octanol–water partition coefficient (Wildman–Crippen LogP) is 1.52. The number of nitrogens with zero attached hydrogens (tertiary/aromatic N) is 3. The number of hydrogen-bond acceptors (Lipinski definition) is 8. The van der Waals surface area contributed by atoms with Gasteiger partial charge in [-0.2, -0.15) is 5.10 Å². The first-order valence-corrected chi connectivity index (χ1v) is 16.1. The fourth-order valence-electron chi connectivity index (χ4n) is 7.41. The Kier molecular flexibility index (Phi) is 9.57. The van der Waals surface area contributed by atoms with Gasteiger partial charge < -0.3 is 35.2 Å². The normalized spacial score (nSPS) is 27.3. The molecular formula is C34H43N5O7. The third-order valence-electron chi connectivity index (χ3n) is 9.76. The summed E-state index contributed by atoms with van der Waals surface area (Å²) in [7, 11) is 1.63. The number of likely N-dealkylation sites (tertiary alicyclic amines) is 1. The fraction of sp³-hybridized carbons (Fsp3) is 0.529. The minimum Gasteiger partial charge on any atom is -0.484 e. The number of aromatic nitrogens is 2. The summed E-state index contributed by atoms with van der Waals surface area (Å²) < 4.78 is 12.8. The first kappa shape index (κ1) is 32.0. The number of hydrogen-bond donors (Lipinski definition) is 4. The maximum absolute atomic E-state index is 14.8. The van der Waals surface area contributed by atoms with E-state index in [0.717, 1.165) is 5.56 Å². The zero-order chi connectivity index (χ0) is 32.3. The van der Waals surface area contributed by atoms with E-state index in [1.165, 1.54) is 0 Å². The van der Waals surface area contributed by atoms with Crippen LogP contribution in [0.2, 0.25) is 0 Å². The van der Waals surface area contributed by atoms with Gasteiger partial charge in [-0.05, 0) is 67.7 Å². The Morgan fingerprint density at radius 2 is 1.83 bits per heavy atom. The quantitative estimate of drug-likeness (QED) is 0.309. The van der Waals surface area contributed by atoms with Crippen LogP contribution in [0.4, 0.5) is 0 Å². The second kappa shape index (κ2) is 13.8. The van der Waals surface area contributed by atoms with Crippen molar-refractivity contribution in [3.63, 3.8) is 0 Å². The molecule has 0 spiro atoms. The fourth-order valence-corrected chi connectivity index (χ4v) is 7.41. The van der Waals surface area contributed by atoms with Crippen molar-refractivity contribution in [2.75, 3.05) is 46.5 Å². The van der Waals surface area contributed by atoms with Crippen LogP contribution in [0, 0.1) is 17.3 Å². The number of carbonyl (C=O) groups is 3. The van der Waals surface area contributed by atoms with Crippen molar-refractivity contribution in [1.29, 1.82) is 0 Å². The maximum Gasteiger partial charge on any atom is 0.270 e. The van der Waals surface area contributed by atoms with Gasteiger partial charge in [-0.1, -0.05) is 30.3 Å². The van der Waals surface area contributed by atoms with Gasteiger partial charge in [0.2, 0.25) is 5.91 Å². The zero-order valence-electron chi connectivity index (χ0n) is 26.2. The molecular weight excluding hydrogens is 590 g/mol. The number of nitrogens with one attached hydrogen (secondary N) is 2. The van der Waals surface area contributed by atoms with E-state index in [0.29, 0.717) is 74.1 Å². The second-order valence-corrected chi connectivity index (χ2v) is 12.9. The molecule has 2 fully saturated rings. The summed E-state index contributed by atoms with van der Waals surface area (Å²) in [6.07, 6.45) is 0.672. The second-order valence-electron chi connectivity index (χ2n) is 12.9. The molecule has 2 aliphatic heterocycles. The Bertz CT molecular complexity index is 1560. The molecule has 12 heteroatoms. The number of rotatable bonds is 5. The molecule has 5 atom stereocenters. The van der Waals surface area contributed by atoms with Crippen molar-refractivity contribution in [2.45, 2.75) is 50.9 Å². The molecule has 1 saturated carbocycles. The van der Waals surface area contributed by atoms with E-state index in [-0.39, 0.29) is 55.8 Å². The zero-order valence-corrected chi connectivity index (χ0v) is 26.2. The number of fused-ring (bicyclic) bond motifs is 6. The van der Waals surface area contributed by atoms with Gasteiger partial charge in [0.1, 0.15) is 11.4 Å². The lowest BCUT2D eigenvalue weighted by Gasteiger charge is -2.37. The first-order chi connectivity index (χ1) is 22.3. The van der Waals surface area contributed by atoms with Crippen molar-refractivity contribution in [3.8, 4) is 5.75 Å². The third kappa shape index (κ3) is 6.74. The van der Waals surface area contributed by atoms with Crippen LogP contribution in [0.5, 0.6) is 5.75 Å². The smallest absolute Gasteiger partial charge is 0.270 e. The van der Waals surface area contributed by atoms with Crippen LogP contribution in [-0.4, -0.2) is 101 Å². The standard InChI is InChI=1S/C34H43N5O7/c1-45-13-5-10-34(33(44)38-18-23-15-28(40)29(41)16-24(23)19-38)17-22-6-4-7-25(14-22)46-20-30(42)35-11-12-39-31(32(43)36-21-34)26-8-2-3-9-27(26)37-39/h2-4,6-9,14,23-24,28-29,40-41H,5,10-13,15-21H2,1H3,(H,35,42)(H,36,43)/t23-,24+,28+,29-,34?. The molecule has 3 amide bonds. The molecule has 1 aromatic heterocycles. The van der Waals surface area contributed by atoms with Gasteiger partial charge in [-0.15, -0.1) is 0 Å². The molecule has 1 saturated heterocycles. The van der Waals surface area contributed by atoms with E-state index < -0.39 is 17.6 Å². The van der Waals surface area contributed by atoms with E-state index in [9.17, 15) is 24.6 Å². The topological polar surface area (TPSA) is 155 Å². The van der Waals surface area contributed by atoms with Crippen molar-refractivity contribution in [2.24, 2.45) is 17.3 Å². The molecule has 1 aliphatic carbocycles. The van der Waals surface area contributed by atoms with Gasteiger partial charge in [-0.25, -0.2) is 0 Å². The highest BCUT2D eigenvalue weighted by Crippen LogP contribution is 2.40. The van der Waals surface area contributed by atoms with Crippen LogP contribution >= 0.6 is 0 Å². The Hall–Kier alpha value is -4.00. The van der Waals surface area contributed by atoms with E-state index in [1.807, 2.05) is 47.4 Å². The molecule has 2 aromatic carbocycles. The van der Waals surface area contributed by atoms with Crippen LogP contribution in [-0.2, 0) is 27.3 Å². The van der Waals surface area contributed by atoms with Crippen molar-refractivity contribution in [1.82, 2.24) is 25.3 Å². The number of carbonyl (C=O) groups excluding carboxylic acids is 3. The molecule has 3 heterocycles. The van der Waals surface area contributed by atoms with Crippen molar-refractivity contribution < 1.29 is 34.1 Å². The van der Waals surface area contributed by atoms with Crippen LogP contribution in [0.15, 0.2) is 48.5 Å². The van der Waals surface area contributed by atoms with E-state index in [4.69, 9.17) is 9.47 Å². The molecule has 1 unspecified atom stereocenters. The minimum absolute atomic E-state index is 0.0762. The molecule has 246 valence electrons. The SMILES string of the molecule is COCCCC1(C(=O)N2C[C@H]3C[C@H](O)[C@H](O)C[C@H]3C2)CNC(=O)c2c3ccccc3nn2CCNC(=O)COc2cccc(c2)C1. The summed E-state index contributed by atoms with van der Waals surface area (Å²) in [4.78, 5) is 43.4. The Labute approximate surface area is 268 Å². The van der Waals surface area contributed by atoms with Gasteiger partial charge >= 0.3 is 0 Å². The Morgan fingerprint density at radius 3 is 2.59 bits per heavy atom. The van der Waals surface area contributed by atoms with E-state index in [2.05, 4.69) is 15.7 Å². The minimum atomic E-state index is -1.04. The van der Waals surface area contributed by atoms with Crippen LogP contribution in [0.3, 0.4) is 0 Å². The Morgan fingerprint density at radius 1 is 1.07 bits per heavy atom. The molecule has 12 nitrogen and oxygen atoms in total. The summed E-state index contributed by atoms with van der Waals surface area (Å²) in [5.41, 5.74) is 0.821. The highest BCUT2D eigenvalue weighted by Gasteiger charge is 2.48. The molecule has 0 radical (unpaired) electrons. The molecule has 46 heavy (non-hydrogen) atoms. The van der Waals surface area contributed by atoms with Crippen molar-refractivity contribution in [3.05, 3.63) is 59.8 Å². The summed E-state index contributed by atoms with van der Waals surface area (Å²) in [5.74, 6) is -0.0137. The molecule has 3 aliphatic rings. The van der Waals surface area contributed by atoms with E-state index >= 15 is 0 Å². The van der Waals surface area contributed by atoms with Crippen LogP contribution < -0.4 is 15.4 Å². The number of methoxy groups -OCH3 is 1. The highest BCUT2D eigenvalue weighted by molar-refractivity contribution is 6.05. The number of ether oxygens (including phenoxy) is 2. The number of amides is 3. The van der Waals surface area contributed by atoms with Gasteiger partial charge in [0.05, 0.1) is 29.7 Å². The van der Waals surface area contributed by atoms with Gasteiger partial charge in [0.25, 0.3) is 11.8 Å². The largest absolute Gasteiger partial charge is 0.484 e. The van der Waals surface area contributed by atoms with Crippen LogP contribution in [0.25, 0.3) is 10.9 Å². The summed E-state index contributed by atoms with van der Waals surface area (Å²) in [6.45, 7) is 1.84. The van der Waals surface area contributed by atoms with Gasteiger partial charge in [0, 0.05) is 45.3 Å². The molecule has 6 rings (SSSR count). The van der Waals surface area contributed by atoms with Crippen molar-refractivity contribution >= 4 is 28.6 Å². The lowest BCUT2D eigenvalue weighted by Crippen LogP contribution is -2.51. The number of aliphatic hydroxyl groups excluding tert-OH is 2. The van der Waals surface area contributed by atoms with Gasteiger partial charge in [-0.3, -0.25) is 19.1 Å². The first-order valence-electron chi connectivity index (χ1n) is 16.1. The lowest BCUT2D eigenvalue weighted by atomic mass is 9.76. The maximum atomic E-state index is 14.8. The average Bonchev–Trinajstić information content (AvgIpc) is 3.63. The Balaban J connectivity index is 1.38. The van der Waals surface area contributed by atoms with Gasteiger partial charge in [0.15, 0.2) is 6.61 Å². The number of benzene rings is 2. The molecule has 4 N–H and O–H groups in total. The summed E-state index contributed by atoms with van der Waals surface area (Å²) in [6, 6.07) is 14.8. The van der Waals surface area contributed by atoms with E-state index in [1.54, 1.807) is 17.9 Å². The predicted molar refractivity (Wildman–Crippen MR) is 169 cm³/mol. The third-order valence-corrected chi connectivity index (χ3v) is 9.76. The number of aliphatic hydroxyl groups is 2. The summed E-state index contributed by atoms with van der Waals surface area (Å²) in [5, 5.41) is 32.0. The van der Waals surface area contributed by atoms with Crippen LogP contribution in [0.1, 0.15) is 41.7 Å². The highest BCUT2D eigenvalue weighted by atomic mass is 16.5. The summed E-state index contributed by atoms with van der Waals surface area (Å²) >= 11 is 0.